The Labute approximate surface area is 190 Å². The Hall–Kier alpha value is -2.16. The Morgan fingerprint density at radius 2 is 2.13 bits per heavy atom. The van der Waals surface area contributed by atoms with E-state index in [2.05, 4.69) is 17.2 Å². The molecule has 31 heavy (non-hydrogen) atoms. The average molecular weight is 465 g/mol. The number of para-hydroxylation sites is 1. The molecule has 166 valence electrons. The molecule has 1 spiro atoms. The monoisotopic (exact) mass is 464 g/mol. The average Bonchev–Trinajstić information content (AvgIpc) is 3.39. The lowest BCUT2D eigenvalue weighted by molar-refractivity contribution is -0.160. The second kappa shape index (κ2) is 8.76. The molecule has 1 aromatic heterocycles. The SMILES string of the molecule is CCCCOC[C@@H]1C[C@]2(C[C@](C)(c3csc(Nc4ccccc4Cl)n3)OC2=O)C(=O)O1. The maximum Gasteiger partial charge on any atom is 0.324 e. The van der Waals surface area contributed by atoms with Crippen LogP contribution in [-0.4, -0.2) is 36.2 Å². The summed E-state index contributed by atoms with van der Waals surface area (Å²) in [4.78, 5) is 30.1. The zero-order chi connectivity index (χ0) is 22.1. The number of ether oxygens (including phenoxy) is 3. The molecule has 0 radical (unpaired) electrons. The van der Waals surface area contributed by atoms with Crippen LogP contribution in [0.5, 0.6) is 0 Å². The summed E-state index contributed by atoms with van der Waals surface area (Å²) in [5, 5.41) is 6.22. The first-order valence-electron chi connectivity index (χ1n) is 10.4. The van der Waals surface area contributed by atoms with E-state index in [9.17, 15) is 9.59 Å². The Balaban J connectivity index is 1.46. The summed E-state index contributed by atoms with van der Waals surface area (Å²) in [6, 6.07) is 7.37. The molecule has 2 aromatic rings. The van der Waals surface area contributed by atoms with E-state index in [1.807, 2.05) is 23.6 Å². The molecular weight excluding hydrogens is 440 g/mol. The molecule has 1 N–H and O–H groups in total. The molecule has 7 nitrogen and oxygen atoms in total. The number of carbonyl (C=O) groups is 2. The molecule has 2 aliphatic heterocycles. The number of benzene rings is 1. The van der Waals surface area contributed by atoms with Crippen LogP contribution in [0.4, 0.5) is 10.8 Å². The van der Waals surface area contributed by atoms with Crippen LogP contribution < -0.4 is 5.32 Å². The van der Waals surface area contributed by atoms with Gasteiger partial charge in [0.25, 0.3) is 0 Å². The maximum atomic E-state index is 12.8. The van der Waals surface area contributed by atoms with Crippen molar-refractivity contribution in [1.29, 1.82) is 0 Å². The van der Waals surface area contributed by atoms with Crippen molar-refractivity contribution in [2.45, 2.75) is 51.2 Å². The van der Waals surface area contributed by atoms with Gasteiger partial charge in [-0.15, -0.1) is 11.3 Å². The van der Waals surface area contributed by atoms with Gasteiger partial charge in [0.05, 0.1) is 23.0 Å². The van der Waals surface area contributed by atoms with Gasteiger partial charge in [-0.25, -0.2) is 4.98 Å². The van der Waals surface area contributed by atoms with Crippen LogP contribution in [0.1, 0.15) is 45.2 Å². The van der Waals surface area contributed by atoms with Crippen LogP contribution >= 0.6 is 22.9 Å². The third kappa shape index (κ3) is 4.29. The Bertz CT molecular complexity index is 982. The maximum absolute atomic E-state index is 12.8. The fraction of sp³-hybridized carbons (Fsp3) is 0.500. The van der Waals surface area contributed by atoms with Gasteiger partial charge in [0, 0.05) is 24.8 Å². The number of nitrogens with one attached hydrogen (secondary N) is 1. The summed E-state index contributed by atoms with van der Waals surface area (Å²) in [7, 11) is 0. The van der Waals surface area contributed by atoms with E-state index in [1.54, 1.807) is 13.0 Å². The van der Waals surface area contributed by atoms with Crippen LogP contribution in [0, 0.1) is 5.41 Å². The van der Waals surface area contributed by atoms with Crippen LogP contribution in [0.25, 0.3) is 0 Å². The standard InChI is InChI=1S/C22H25ClN2O5S/c1-3-4-9-28-11-14-10-22(18(26)29-14)13-21(2,30-19(22)27)17-12-31-20(25-17)24-16-8-6-5-7-15(16)23/h5-8,12,14H,3-4,9-11,13H2,1-2H3,(H,24,25)/t14-,21+,22-/m0/s1. The van der Waals surface area contributed by atoms with Crippen LogP contribution in [0.3, 0.4) is 0 Å². The smallest absolute Gasteiger partial charge is 0.324 e. The number of esters is 2. The zero-order valence-electron chi connectivity index (χ0n) is 17.5. The molecule has 0 unspecified atom stereocenters. The minimum atomic E-state index is -1.30. The number of hydrogen-bond donors (Lipinski definition) is 1. The lowest BCUT2D eigenvalue weighted by Crippen LogP contribution is -2.32. The van der Waals surface area contributed by atoms with Crippen molar-refractivity contribution in [2.24, 2.45) is 5.41 Å². The summed E-state index contributed by atoms with van der Waals surface area (Å²) >= 11 is 7.58. The lowest BCUT2D eigenvalue weighted by atomic mass is 9.78. The minimum absolute atomic E-state index is 0.193. The molecule has 2 fully saturated rings. The highest BCUT2D eigenvalue weighted by Crippen LogP contribution is 2.52. The summed E-state index contributed by atoms with van der Waals surface area (Å²) in [6.07, 6.45) is 1.99. The Morgan fingerprint density at radius 1 is 1.32 bits per heavy atom. The molecule has 2 aliphatic rings. The summed E-state index contributed by atoms with van der Waals surface area (Å²) in [5.74, 6) is -1.08. The Morgan fingerprint density at radius 3 is 2.90 bits per heavy atom. The first kappa shape index (κ1) is 22.0. The molecule has 1 aromatic carbocycles. The first-order valence-corrected chi connectivity index (χ1v) is 11.6. The second-order valence-electron chi connectivity index (χ2n) is 8.18. The van der Waals surface area contributed by atoms with E-state index in [0.717, 1.165) is 18.5 Å². The van der Waals surface area contributed by atoms with Crippen molar-refractivity contribution >= 4 is 45.7 Å². The number of thiazole rings is 1. The predicted octanol–water partition coefficient (Wildman–Crippen LogP) is 4.82. The normalized spacial score (nSPS) is 27.5. The summed E-state index contributed by atoms with van der Waals surface area (Å²) in [5.41, 5.74) is -0.980. The fourth-order valence-corrected chi connectivity index (χ4v) is 5.05. The molecular formula is C22H25ClN2O5S. The quantitative estimate of drug-likeness (QED) is 0.340. The van der Waals surface area contributed by atoms with Crippen molar-refractivity contribution in [3.63, 3.8) is 0 Å². The third-order valence-corrected chi connectivity index (χ3v) is 6.78. The van der Waals surface area contributed by atoms with Gasteiger partial charge >= 0.3 is 11.9 Å². The number of aromatic nitrogens is 1. The van der Waals surface area contributed by atoms with Crippen molar-refractivity contribution in [3.05, 3.63) is 40.4 Å². The minimum Gasteiger partial charge on any atom is -0.459 e. The van der Waals surface area contributed by atoms with Gasteiger partial charge in [0.1, 0.15) is 6.10 Å². The Kier molecular flexibility index (Phi) is 6.23. The van der Waals surface area contributed by atoms with Crippen molar-refractivity contribution in [1.82, 2.24) is 4.98 Å². The number of nitrogens with zero attached hydrogens (tertiary/aromatic N) is 1. The van der Waals surface area contributed by atoms with E-state index < -0.39 is 29.1 Å². The van der Waals surface area contributed by atoms with Crippen LogP contribution in [0.2, 0.25) is 5.02 Å². The topological polar surface area (TPSA) is 86.8 Å². The summed E-state index contributed by atoms with van der Waals surface area (Å²) < 4.78 is 16.8. The zero-order valence-corrected chi connectivity index (χ0v) is 19.1. The van der Waals surface area contributed by atoms with Crippen LogP contribution in [0.15, 0.2) is 29.6 Å². The van der Waals surface area contributed by atoms with Gasteiger partial charge in [-0.3, -0.25) is 9.59 Å². The number of halogens is 1. The molecule has 0 aliphatic carbocycles. The van der Waals surface area contributed by atoms with Crippen LogP contribution in [-0.2, 0) is 29.4 Å². The largest absolute Gasteiger partial charge is 0.459 e. The van der Waals surface area contributed by atoms with E-state index >= 15 is 0 Å². The molecule has 0 saturated carbocycles. The van der Waals surface area contributed by atoms with Gasteiger partial charge in [0.2, 0.25) is 0 Å². The number of hydrogen-bond acceptors (Lipinski definition) is 8. The third-order valence-electron chi connectivity index (χ3n) is 5.70. The second-order valence-corrected chi connectivity index (χ2v) is 9.45. The number of unbranched alkanes of at least 4 members (excludes halogenated alkanes) is 1. The highest BCUT2D eigenvalue weighted by Gasteiger charge is 2.65. The van der Waals surface area contributed by atoms with Crippen molar-refractivity contribution in [3.8, 4) is 0 Å². The van der Waals surface area contributed by atoms with Gasteiger partial charge in [-0.1, -0.05) is 37.1 Å². The van der Waals surface area contributed by atoms with Gasteiger partial charge < -0.3 is 19.5 Å². The predicted molar refractivity (Wildman–Crippen MR) is 118 cm³/mol. The molecule has 3 atom stereocenters. The van der Waals surface area contributed by atoms with Crippen molar-refractivity contribution in [2.75, 3.05) is 18.5 Å². The van der Waals surface area contributed by atoms with Gasteiger partial charge in [-0.2, -0.15) is 0 Å². The van der Waals surface area contributed by atoms with E-state index in [0.29, 0.717) is 29.1 Å². The van der Waals surface area contributed by atoms with Crippen molar-refractivity contribution < 1.29 is 23.8 Å². The number of cyclic esters (lactones) is 2. The van der Waals surface area contributed by atoms with E-state index in [1.165, 1.54) is 11.3 Å². The highest BCUT2D eigenvalue weighted by atomic mass is 35.5. The van der Waals surface area contributed by atoms with E-state index in [-0.39, 0.29) is 12.8 Å². The molecule has 3 heterocycles. The van der Waals surface area contributed by atoms with E-state index in [4.69, 9.17) is 25.8 Å². The molecule has 0 amide bonds. The number of anilines is 2. The lowest BCUT2D eigenvalue weighted by Gasteiger charge is -2.20. The first-order chi connectivity index (χ1) is 14.9. The molecule has 4 rings (SSSR count). The number of carbonyl (C=O) groups excluding carboxylic acids is 2. The van der Waals surface area contributed by atoms with Gasteiger partial charge in [-0.05, 0) is 25.5 Å². The molecule has 9 heteroatoms. The van der Waals surface area contributed by atoms with Gasteiger partial charge in [0.15, 0.2) is 16.1 Å². The number of rotatable bonds is 8. The fourth-order valence-electron chi connectivity index (χ4n) is 4.02. The molecule has 2 saturated heterocycles. The molecule has 0 bridgehead atoms. The summed E-state index contributed by atoms with van der Waals surface area (Å²) in [6.45, 7) is 4.77. The highest BCUT2D eigenvalue weighted by molar-refractivity contribution is 7.13.